The quantitative estimate of drug-likeness (QED) is 0.646. The molecule has 1 fully saturated rings. The van der Waals surface area contributed by atoms with Crippen molar-refractivity contribution in [1.82, 2.24) is 4.90 Å². The molecule has 3 nitrogen and oxygen atoms in total. The van der Waals surface area contributed by atoms with Gasteiger partial charge in [0, 0.05) is 18.7 Å². The maximum atomic E-state index is 13.4. The molecule has 1 heterocycles. The molecular weight excluding hydrogens is 229 g/mol. The molecule has 1 atom stereocenters. The summed E-state index contributed by atoms with van der Waals surface area (Å²) in [6.45, 7) is 4.43. The highest BCUT2D eigenvalue weighted by Gasteiger charge is 2.17. The van der Waals surface area contributed by atoms with E-state index in [4.69, 9.17) is 5.73 Å². The first-order chi connectivity index (χ1) is 8.66. The second-order valence-corrected chi connectivity index (χ2v) is 4.96. The lowest BCUT2D eigenvalue weighted by Crippen LogP contribution is -2.43. The third-order valence-electron chi connectivity index (χ3n) is 3.35. The number of hydrogen-bond donors (Lipinski definition) is 1. The van der Waals surface area contributed by atoms with Gasteiger partial charge in [0.25, 0.3) is 0 Å². The largest absolute Gasteiger partial charge is 0.370 e. The fourth-order valence-corrected chi connectivity index (χ4v) is 2.29. The predicted molar refractivity (Wildman–Crippen MR) is 71.7 cm³/mol. The van der Waals surface area contributed by atoms with Gasteiger partial charge in [-0.2, -0.15) is 0 Å². The smallest absolute Gasteiger partial charge is 0.191 e. The van der Waals surface area contributed by atoms with Crippen LogP contribution in [0.15, 0.2) is 29.3 Å². The number of rotatable bonds is 2. The van der Waals surface area contributed by atoms with Gasteiger partial charge in [0.1, 0.15) is 5.82 Å². The summed E-state index contributed by atoms with van der Waals surface area (Å²) in [5.74, 6) is 0.965. The van der Waals surface area contributed by atoms with Gasteiger partial charge in [-0.15, -0.1) is 0 Å². The van der Waals surface area contributed by atoms with Crippen molar-refractivity contribution in [3.8, 4) is 0 Å². The predicted octanol–water partition coefficient (Wildman–Crippen LogP) is 2.37. The zero-order valence-corrected chi connectivity index (χ0v) is 10.8. The Morgan fingerprint density at radius 3 is 3.00 bits per heavy atom. The summed E-state index contributed by atoms with van der Waals surface area (Å²) in [5.41, 5.74) is 6.55. The molecule has 0 spiro atoms. The Bertz CT molecular complexity index is 431. The first-order valence-electron chi connectivity index (χ1n) is 6.45. The summed E-state index contributed by atoms with van der Waals surface area (Å²) in [4.78, 5) is 6.39. The highest BCUT2D eigenvalue weighted by molar-refractivity contribution is 5.78. The van der Waals surface area contributed by atoms with Gasteiger partial charge >= 0.3 is 0 Å². The van der Waals surface area contributed by atoms with E-state index in [9.17, 15) is 4.39 Å². The Morgan fingerprint density at radius 2 is 2.28 bits per heavy atom. The average molecular weight is 249 g/mol. The highest BCUT2D eigenvalue weighted by atomic mass is 19.1. The molecule has 1 saturated heterocycles. The number of likely N-dealkylation sites (tertiary alicyclic amines) is 1. The second-order valence-electron chi connectivity index (χ2n) is 4.96. The molecule has 0 saturated carbocycles. The van der Waals surface area contributed by atoms with Crippen LogP contribution in [-0.4, -0.2) is 23.9 Å². The molecule has 2 N–H and O–H groups in total. The molecule has 1 aromatic rings. The molecule has 98 valence electrons. The number of nitrogens with zero attached hydrogens (tertiary/aromatic N) is 2. The van der Waals surface area contributed by atoms with Crippen LogP contribution in [0, 0.1) is 11.7 Å². The summed E-state index contributed by atoms with van der Waals surface area (Å²) < 4.78 is 13.4. The summed E-state index contributed by atoms with van der Waals surface area (Å²) in [7, 11) is 0. The van der Waals surface area contributed by atoms with Crippen molar-refractivity contribution in [2.45, 2.75) is 26.3 Å². The van der Waals surface area contributed by atoms with Crippen LogP contribution < -0.4 is 5.73 Å². The van der Waals surface area contributed by atoms with Gasteiger partial charge in [-0.05, 0) is 24.8 Å². The standard InChI is InChI=1S/C14H20FN3/c1-11-5-4-8-18(10-11)14(16)17-9-12-6-2-3-7-13(12)15/h2-3,6-7,11H,4-5,8-10H2,1H3,(H2,16,17). The van der Waals surface area contributed by atoms with E-state index in [1.54, 1.807) is 12.1 Å². The van der Waals surface area contributed by atoms with Crippen LogP contribution >= 0.6 is 0 Å². The first-order valence-corrected chi connectivity index (χ1v) is 6.45. The van der Waals surface area contributed by atoms with E-state index in [2.05, 4.69) is 16.8 Å². The minimum absolute atomic E-state index is 0.221. The third-order valence-corrected chi connectivity index (χ3v) is 3.35. The molecular formula is C14H20FN3. The van der Waals surface area contributed by atoms with Gasteiger partial charge in [0.2, 0.25) is 0 Å². The van der Waals surface area contributed by atoms with E-state index in [0.717, 1.165) is 19.5 Å². The lowest BCUT2D eigenvalue weighted by Gasteiger charge is -2.31. The minimum atomic E-state index is -0.221. The Morgan fingerprint density at radius 1 is 1.50 bits per heavy atom. The molecule has 1 aromatic carbocycles. The van der Waals surface area contributed by atoms with Crippen molar-refractivity contribution in [2.24, 2.45) is 16.6 Å². The van der Waals surface area contributed by atoms with Gasteiger partial charge in [0.05, 0.1) is 6.54 Å². The SMILES string of the molecule is CC1CCCN(C(N)=NCc2ccccc2F)C1. The van der Waals surface area contributed by atoms with Gasteiger partial charge < -0.3 is 10.6 Å². The Hall–Kier alpha value is -1.58. The molecule has 0 amide bonds. The number of piperidine rings is 1. The Kier molecular flexibility index (Phi) is 4.18. The van der Waals surface area contributed by atoms with Crippen LogP contribution in [0.25, 0.3) is 0 Å². The number of aliphatic imine (C=N–C) groups is 1. The highest BCUT2D eigenvalue weighted by Crippen LogP contribution is 2.15. The van der Waals surface area contributed by atoms with Gasteiger partial charge in [0.15, 0.2) is 5.96 Å². The zero-order valence-electron chi connectivity index (χ0n) is 10.8. The Labute approximate surface area is 108 Å². The molecule has 1 aliphatic rings. The van der Waals surface area contributed by atoms with Crippen LogP contribution in [0.1, 0.15) is 25.3 Å². The van der Waals surface area contributed by atoms with Gasteiger partial charge in [-0.1, -0.05) is 25.1 Å². The van der Waals surface area contributed by atoms with E-state index in [0.29, 0.717) is 24.0 Å². The maximum absolute atomic E-state index is 13.4. The van der Waals surface area contributed by atoms with Crippen molar-refractivity contribution in [1.29, 1.82) is 0 Å². The van der Waals surface area contributed by atoms with Gasteiger partial charge in [-0.25, -0.2) is 9.38 Å². The molecule has 1 aliphatic heterocycles. The molecule has 0 radical (unpaired) electrons. The lowest BCUT2D eigenvalue weighted by molar-refractivity contribution is 0.270. The van der Waals surface area contributed by atoms with E-state index in [-0.39, 0.29) is 5.82 Å². The normalized spacial score (nSPS) is 21.1. The summed E-state index contributed by atoms with van der Waals surface area (Å²) >= 11 is 0. The minimum Gasteiger partial charge on any atom is -0.370 e. The number of nitrogens with two attached hydrogens (primary N) is 1. The molecule has 0 aliphatic carbocycles. The molecule has 0 aromatic heterocycles. The average Bonchev–Trinajstić information content (AvgIpc) is 2.37. The molecule has 1 unspecified atom stereocenters. The van der Waals surface area contributed by atoms with Crippen molar-refractivity contribution in [3.05, 3.63) is 35.6 Å². The maximum Gasteiger partial charge on any atom is 0.191 e. The lowest BCUT2D eigenvalue weighted by atomic mass is 10.0. The topological polar surface area (TPSA) is 41.6 Å². The molecule has 4 heteroatoms. The van der Waals surface area contributed by atoms with Crippen molar-refractivity contribution < 1.29 is 4.39 Å². The monoisotopic (exact) mass is 249 g/mol. The summed E-state index contributed by atoms with van der Waals surface area (Å²) in [6, 6.07) is 6.68. The second kappa shape index (κ2) is 5.85. The van der Waals surface area contributed by atoms with Crippen molar-refractivity contribution in [3.63, 3.8) is 0 Å². The zero-order chi connectivity index (χ0) is 13.0. The fraction of sp³-hybridized carbons (Fsp3) is 0.500. The molecule has 18 heavy (non-hydrogen) atoms. The molecule has 2 rings (SSSR count). The van der Waals surface area contributed by atoms with E-state index >= 15 is 0 Å². The van der Waals surface area contributed by atoms with Gasteiger partial charge in [-0.3, -0.25) is 0 Å². The number of halogens is 1. The van der Waals surface area contributed by atoms with Crippen LogP contribution in [0.2, 0.25) is 0 Å². The summed E-state index contributed by atoms with van der Waals surface area (Å²) in [6.07, 6.45) is 2.40. The van der Waals surface area contributed by atoms with Crippen LogP contribution in [-0.2, 0) is 6.54 Å². The van der Waals surface area contributed by atoms with Crippen LogP contribution in [0.5, 0.6) is 0 Å². The fourth-order valence-electron chi connectivity index (χ4n) is 2.29. The Balaban J connectivity index is 1.98. The number of benzene rings is 1. The van der Waals surface area contributed by atoms with Crippen LogP contribution in [0.3, 0.4) is 0 Å². The van der Waals surface area contributed by atoms with Crippen LogP contribution in [0.4, 0.5) is 4.39 Å². The summed E-state index contributed by atoms with van der Waals surface area (Å²) in [5, 5.41) is 0. The van der Waals surface area contributed by atoms with Crippen molar-refractivity contribution >= 4 is 5.96 Å². The van der Waals surface area contributed by atoms with E-state index < -0.39 is 0 Å². The van der Waals surface area contributed by atoms with E-state index in [1.165, 1.54) is 12.5 Å². The van der Waals surface area contributed by atoms with Crippen molar-refractivity contribution in [2.75, 3.05) is 13.1 Å². The number of guanidine groups is 1. The first kappa shape index (κ1) is 12.9. The number of hydrogen-bond acceptors (Lipinski definition) is 1. The third kappa shape index (κ3) is 3.22. The van der Waals surface area contributed by atoms with E-state index in [1.807, 2.05) is 6.07 Å². The molecule has 0 bridgehead atoms.